The van der Waals surface area contributed by atoms with Gasteiger partial charge in [0.25, 0.3) is 0 Å². The molecular formula is C20H30N2O4S. The summed E-state index contributed by atoms with van der Waals surface area (Å²) in [6.07, 6.45) is 0. The van der Waals surface area contributed by atoms with Crippen molar-refractivity contribution in [3.05, 3.63) is 15.8 Å². The van der Waals surface area contributed by atoms with Crippen molar-refractivity contribution in [3.63, 3.8) is 0 Å². The molecule has 0 radical (unpaired) electrons. The molecule has 1 aliphatic rings. The molecule has 0 unspecified atom stereocenters. The summed E-state index contributed by atoms with van der Waals surface area (Å²) < 4.78 is 10.1. The zero-order valence-electron chi connectivity index (χ0n) is 17.1. The summed E-state index contributed by atoms with van der Waals surface area (Å²) in [5, 5.41) is 3.05. The highest BCUT2D eigenvalue weighted by Gasteiger charge is 2.20. The molecule has 0 aromatic carbocycles. The van der Waals surface area contributed by atoms with Crippen molar-refractivity contribution in [3.8, 4) is 11.8 Å². The smallest absolute Gasteiger partial charge is 0.350 e. The van der Waals surface area contributed by atoms with Crippen LogP contribution in [0.5, 0.6) is 0 Å². The number of morpholine rings is 1. The maximum Gasteiger partial charge on any atom is 0.350 e. The van der Waals surface area contributed by atoms with Crippen LogP contribution in [0.15, 0.2) is 6.07 Å². The Morgan fingerprint density at radius 1 is 1.30 bits per heavy atom. The first-order valence-electron chi connectivity index (χ1n) is 9.15. The van der Waals surface area contributed by atoms with Gasteiger partial charge in [-0.15, -0.1) is 11.3 Å². The van der Waals surface area contributed by atoms with Gasteiger partial charge in [0.15, 0.2) is 0 Å². The topological polar surface area (TPSA) is 67.9 Å². The molecule has 0 bridgehead atoms. The largest absolute Gasteiger partial charge is 0.465 e. The second-order valence-electron chi connectivity index (χ2n) is 6.69. The SMILES string of the molecule is CC.COC(=O)c1sc(C#CC(C)(C)C)cc1NCC(=O)N1CCOCC1. The third-order valence-electron chi connectivity index (χ3n) is 3.46. The molecule has 1 fully saturated rings. The summed E-state index contributed by atoms with van der Waals surface area (Å²) in [5.74, 6) is 5.77. The van der Waals surface area contributed by atoms with Crippen molar-refractivity contribution in [2.75, 3.05) is 45.3 Å². The summed E-state index contributed by atoms with van der Waals surface area (Å²) in [6, 6.07) is 1.79. The molecule has 1 N–H and O–H groups in total. The molecule has 1 aromatic rings. The standard InChI is InChI=1S/C18H24N2O4S.C2H6/c1-18(2,3)6-5-13-11-14(16(25-13)17(22)23-4)19-12-15(21)20-7-9-24-10-8-20;1-2/h11,19H,7-10,12H2,1-4H3;1-2H3. The molecule has 0 saturated carbocycles. The number of thiophene rings is 1. The van der Waals surface area contributed by atoms with E-state index in [0.29, 0.717) is 36.9 Å². The summed E-state index contributed by atoms with van der Waals surface area (Å²) in [5.41, 5.74) is 0.451. The Labute approximate surface area is 166 Å². The van der Waals surface area contributed by atoms with E-state index in [-0.39, 0.29) is 17.9 Å². The van der Waals surface area contributed by atoms with E-state index in [1.54, 1.807) is 11.0 Å². The summed E-state index contributed by atoms with van der Waals surface area (Å²) in [4.78, 5) is 27.2. The molecule has 1 saturated heterocycles. The molecule has 0 atom stereocenters. The van der Waals surface area contributed by atoms with Gasteiger partial charge >= 0.3 is 5.97 Å². The molecule has 7 heteroatoms. The van der Waals surface area contributed by atoms with Crippen LogP contribution in [0.25, 0.3) is 0 Å². The lowest BCUT2D eigenvalue weighted by molar-refractivity contribution is -0.133. The first-order chi connectivity index (χ1) is 12.8. The van der Waals surface area contributed by atoms with E-state index >= 15 is 0 Å². The van der Waals surface area contributed by atoms with Gasteiger partial charge in [0.05, 0.1) is 37.4 Å². The number of carbonyl (C=O) groups is 2. The van der Waals surface area contributed by atoms with Gasteiger partial charge < -0.3 is 19.7 Å². The fourth-order valence-electron chi connectivity index (χ4n) is 2.17. The zero-order chi connectivity index (χ0) is 20.4. The monoisotopic (exact) mass is 394 g/mol. The van der Waals surface area contributed by atoms with Crippen LogP contribution in [0.2, 0.25) is 0 Å². The number of amides is 1. The predicted molar refractivity (Wildman–Crippen MR) is 109 cm³/mol. The molecule has 0 spiro atoms. The van der Waals surface area contributed by atoms with E-state index < -0.39 is 5.97 Å². The van der Waals surface area contributed by atoms with Gasteiger partial charge in [-0.25, -0.2) is 4.79 Å². The Hall–Kier alpha value is -2.04. The number of ether oxygens (including phenoxy) is 2. The molecule has 27 heavy (non-hydrogen) atoms. The van der Waals surface area contributed by atoms with E-state index in [2.05, 4.69) is 17.2 Å². The molecule has 6 nitrogen and oxygen atoms in total. The minimum absolute atomic E-state index is 0.0207. The quantitative estimate of drug-likeness (QED) is 0.627. The molecule has 150 valence electrons. The van der Waals surface area contributed by atoms with Crippen LogP contribution in [0, 0.1) is 17.3 Å². The van der Waals surface area contributed by atoms with Crippen LogP contribution < -0.4 is 5.32 Å². The van der Waals surface area contributed by atoms with Gasteiger partial charge in [0.2, 0.25) is 5.91 Å². The Morgan fingerprint density at radius 2 is 1.93 bits per heavy atom. The van der Waals surface area contributed by atoms with Crippen LogP contribution in [-0.2, 0) is 14.3 Å². The van der Waals surface area contributed by atoms with E-state index in [9.17, 15) is 9.59 Å². The second-order valence-corrected chi connectivity index (χ2v) is 7.74. The molecule has 1 amide bonds. The van der Waals surface area contributed by atoms with Crippen molar-refractivity contribution in [2.45, 2.75) is 34.6 Å². The fraction of sp³-hybridized carbons (Fsp3) is 0.600. The highest BCUT2D eigenvalue weighted by atomic mass is 32.1. The highest BCUT2D eigenvalue weighted by Crippen LogP contribution is 2.28. The van der Waals surface area contributed by atoms with Gasteiger partial charge in [-0.05, 0) is 26.8 Å². The number of rotatable bonds is 4. The number of anilines is 1. The molecular weight excluding hydrogens is 364 g/mol. The van der Waals surface area contributed by atoms with Gasteiger partial charge in [-0.2, -0.15) is 0 Å². The van der Waals surface area contributed by atoms with E-state index in [1.165, 1.54) is 18.4 Å². The minimum Gasteiger partial charge on any atom is -0.465 e. The van der Waals surface area contributed by atoms with Gasteiger partial charge in [-0.3, -0.25) is 4.79 Å². The lowest BCUT2D eigenvalue weighted by Crippen LogP contribution is -2.43. The fourth-order valence-corrected chi connectivity index (χ4v) is 3.08. The molecule has 1 aliphatic heterocycles. The summed E-state index contributed by atoms with van der Waals surface area (Å²) in [6.45, 7) is 12.5. The third kappa shape index (κ3) is 7.61. The van der Waals surface area contributed by atoms with Crippen molar-refractivity contribution >= 4 is 28.9 Å². The van der Waals surface area contributed by atoms with Crippen molar-refractivity contribution in [1.82, 2.24) is 4.90 Å². The Balaban J connectivity index is 0.00000176. The van der Waals surface area contributed by atoms with Crippen molar-refractivity contribution < 1.29 is 19.1 Å². The van der Waals surface area contributed by atoms with Gasteiger partial charge in [-0.1, -0.05) is 25.7 Å². The van der Waals surface area contributed by atoms with E-state index in [0.717, 1.165) is 4.88 Å². The maximum absolute atomic E-state index is 12.3. The third-order valence-corrected chi connectivity index (χ3v) is 4.49. The summed E-state index contributed by atoms with van der Waals surface area (Å²) in [7, 11) is 1.34. The van der Waals surface area contributed by atoms with E-state index in [1.807, 2.05) is 34.6 Å². The number of carbonyl (C=O) groups excluding carboxylic acids is 2. The number of hydrogen-bond donors (Lipinski definition) is 1. The van der Waals surface area contributed by atoms with E-state index in [4.69, 9.17) is 9.47 Å². The maximum atomic E-state index is 12.3. The number of methoxy groups -OCH3 is 1. The number of esters is 1. The first-order valence-corrected chi connectivity index (χ1v) is 9.96. The van der Waals surface area contributed by atoms with Crippen LogP contribution in [0.1, 0.15) is 49.2 Å². The number of hydrogen-bond acceptors (Lipinski definition) is 6. The molecule has 1 aromatic heterocycles. The Kier molecular flexibility index (Phi) is 9.33. The lowest BCUT2D eigenvalue weighted by atomic mass is 9.98. The Morgan fingerprint density at radius 3 is 2.48 bits per heavy atom. The molecule has 2 rings (SSSR count). The normalized spacial score (nSPS) is 13.6. The lowest BCUT2D eigenvalue weighted by Gasteiger charge is -2.27. The van der Waals surface area contributed by atoms with Gasteiger partial charge in [0.1, 0.15) is 4.88 Å². The molecule has 2 heterocycles. The average Bonchev–Trinajstić information content (AvgIpc) is 3.09. The highest BCUT2D eigenvalue weighted by molar-refractivity contribution is 7.15. The van der Waals surface area contributed by atoms with Crippen LogP contribution in [-0.4, -0.2) is 56.7 Å². The second kappa shape index (κ2) is 11.0. The van der Waals surface area contributed by atoms with Crippen molar-refractivity contribution in [1.29, 1.82) is 0 Å². The summed E-state index contributed by atoms with van der Waals surface area (Å²) >= 11 is 1.26. The average molecular weight is 395 g/mol. The number of nitrogens with zero attached hydrogens (tertiary/aromatic N) is 1. The van der Waals surface area contributed by atoms with Gasteiger partial charge in [0, 0.05) is 18.5 Å². The number of nitrogens with one attached hydrogen (secondary N) is 1. The van der Waals surface area contributed by atoms with Crippen LogP contribution >= 0.6 is 11.3 Å². The van der Waals surface area contributed by atoms with Crippen molar-refractivity contribution in [2.24, 2.45) is 5.41 Å². The van der Waals surface area contributed by atoms with Crippen LogP contribution in [0.3, 0.4) is 0 Å². The first kappa shape index (κ1) is 23.0. The predicted octanol–water partition coefficient (Wildman–Crippen LogP) is 3.23. The zero-order valence-corrected chi connectivity index (χ0v) is 17.9. The molecule has 0 aliphatic carbocycles. The van der Waals surface area contributed by atoms with Crippen LogP contribution in [0.4, 0.5) is 5.69 Å². The minimum atomic E-state index is -0.435. The Bertz CT molecular complexity index is 689.